The number of hydrogen-bond donors (Lipinski definition) is 0. The molecule has 1 aromatic carbocycles. The second-order valence-electron chi connectivity index (χ2n) is 8.77. The Labute approximate surface area is 159 Å². The minimum Gasteiger partial charge on any atom is -0.399 e. The maximum atomic E-state index is 6.26. The van der Waals surface area contributed by atoms with Crippen LogP contribution in [0.25, 0.3) is 16.7 Å². The highest BCUT2D eigenvalue weighted by atomic mass is 16.7. The van der Waals surface area contributed by atoms with Gasteiger partial charge in [-0.15, -0.1) is 0 Å². The normalized spacial score (nSPS) is 21.3. The molecule has 2 fully saturated rings. The zero-order valence-electron chi connectivity index (χ0n) is 16.6. The molecule has 5 rings (SSSR count). The third kappa shape index (κ3) is 2.64. The third-order valence-corrected chi connectivity index (χ3v) is 6.22. The maximum Gasteiger partial charge on any atom is 0.495 e. The molecule has 7 heteroatoms. The Hall–Kier alpha value is -2.12. The van der Waals surface area contributed by atoms with E-state index in [1.54, 1.807) is 0 Å². The van der Waals surface area contributed by atoms with Gasteiger partial charge in [0.25, 0.3) is 0 Å². The van der Waals surface area contributed by atoms with Crippen molar-refractivity contribution in [3.05, 3.63) is 36.2 Å². The lowest BCUT2D eigenvalue weighted by Gasteiger charge is -2.32. The summed E-state index contributed by atoms with van der Waals surface area (Å²) in [7, 11) is 1.61. The summed E-state index contributed by atoms with van der Waals surface area (Å²) < 4.78 is 16.4. The Bertz CT molecular complexity index is 1020. The van der Waals surface area contributed by atoms with Gasteiger partial charge in [-0.3, -0.25) is 4.68 Å². The maximum absolute atomic E-state index is 6.26. The molecule has 0 radical (unpaired) electrons. The minimum atomic E-state index is -0.401. The standard InChI is InChI=1S/C20H25BN4O2/c1-19(2)20(3,4)27-21(26-19)15-7-6-8-16-14(15)12-25(22-16)18-11-17(13-9-10-13)24(5)23-18/h6-8,11-13H,9-10H2,1-5H3. The van der Waals surface area contributed by atoms with E-state index in [4.69, 9.17) is 14.4 Å². The Balaban J connectivity index is 1.55. The summed E-state index contributed by atoms with van der Waals surface area (Å²) >= 11 is 0. The van der Waals surface area contributed by atoms with E-state index in [0.717, 1.165) is 22.2 Å². The zero-order valence-corrected chi connectivity index (χ0v) is 16.6. The van der Waals surface area contributed by atoms with Crippen LogP contribution in [0.4, 0.5) is 0 Å². The Morgan fingerprint density at radius 3 is 2.44 bits per heavy atom. The molecule has 0 bridgehead atoms. The Morgan fingerprint density at radius 1 is 1.07 bits per heavy atom. The molecule has 0 atom stereocenters. The third-order valence-electron chi connectivity index (χ3n) is 6.22. The monoisotopic (exact) mass is 364 g/mol. The average molecular weight is 364 g/mol. The molecule has 1 aliphatic carbocycles. The van der Waals surface area contributed by atoms with Crippen LogP contribution >= 0.6 is 0 Å². The minimum absolute atomic E-state index is 0.365. The van der Waals surface area contributed by atoms with Gasteiger partial charge in [0.1, 0.15) is 0 Å². The fraction of sp³-hybridized carbons (Fsp3) is 0.500. The van der Waals surface area contributed by atoms with E-state index in [2.05, 4.69) is 44.9 Å². The SMILES string of the molecule is Cn1nc(-n2cc3c(B4OC(C)(C)C(C)(C)O4)cccc3n2)cc1C1CC1. The summed E-state index contributed by atoms with van der Waals surface area (Å²) in [5.41, 5.74) is 2.48. The molecule has 0 unspecified atom stereocenters. The molecular formula is C20H25BN4O2. The van der Waals surface area contributed by atoms with Gasteiger partial charge < -0.3 is 9.31 Å². The molecule has 2 aliphatic rings. The lowest BCUT2D eigenvalue weighted by Crippen LogP contribution is -2.41. The molecular weight excluding hydrogens is 339 g/mol. The first-order valence-electron chi connectivity index (χ1n) is 9.63. The summed E-state index contributed by atoms with van der Waals surface area (Å²) in [5.74, 6) is 1.51. The van der Waals surface area contributed by atoms with Crippen LogP contribution in [-0.4, -0.2) is 37.9 Å². The molecule has 3 heterocycles. The second kappa shape index (κ2) is 5.46. The molecule has 0 spiro atoms. The number of hydrogen-bond acceptors (Lipinski definition) is 4. The van der Waals surface area contributed by atoms with E-state index >= 15 is 0 Å². The van der Waals surface area contributed by atoms with Crippen molar-refractivity contribution in [1.82, 2.24) is 19.6 Å². The number of benzene rings is 1. The summed E-state index contributed by atoms with van der Waals surface area (Å²) in [6, 6.07) is 8.24. The van der Waals surface area contributed by atoms with Crippen LogP contribution in [0.3, 0.4) is 0 Å². The summed E-state index contributed by atoms with van der Waals surface area (Å²) in [4.78, 5) is 0. The topological polar surface area (TPSA) is 54.1 Å². The lowest BCUT2D eigenvalue weighted by atomic mass is 9.77. The van der Waals surface area contributed by atoms with Crippen LogP contribution in [0.15, 0.2) is 30.5 Å². The van der Waals surface area contributed by atoms with Crippen LogP contribution < -0.4 is 5.46 Å². The largest absolute Gasteiger partial charge is 0.495 e. The molecule has 1 saturated carbocycles. The van der Waals surface area contributed by atoms with Gasteiger partial charge in [0.15, 0.2) is 5.82 Å². The molecule has 3 aromatic rings. The number of fused-ring (bicyclic) bond motifs is 1. The van der Waals surface area contributed by atoms with Crippen molar-refractivity contribution in [2.45, 2.75) is 57.7 Å². The van der Waals surface area contributed by atoms with E-state index in [0.29, 0.717) is 5.92 Å². The van der Waals surface area contributed by atoms with Crippen LogP contribution in [0.1, 0.15) is 52.1 Å². The van der Waals surface area contributed by atoms with Crippen molar-refractivity contribution in [3.63, 3.8) is 0 Å². The average Bonchev–Trinajstić information content (AvgIpc) is 3.14. The molecule has 2 aromatic heterocycles. The Kier molecular flexibility index (Phi) is 3.44. The van der Waals surface area contributed by atoms with Gasteiger partial charge in [0.2, 0.25) is 0 Å². The molecule has 6 nitrogen and oxygen atoms in total. The number of aryl methyl sites for hydroxylation is 1. The first kappa shape index (κ1) is 17.0. The summed E-state index contributed by atoms with van der Waals surface area (Å²) in [6.45, 7) is 8.29. The van der Waals surface area contributed by atoms with E-state index < -0.39 is 7.12 Å². The van der Waals surface area contributed by atoms with Crippen molar-refractivity contribution < 1.29 is 9.31 Å². The van der Waals surface area contributed by atoms with E-state index in [1.807, 2.05) is 34.7 Å². The molecule has 1 saturated heterocycles. The van der Waals surface area contributed by atoms with E-state index in [-0.39, 0.29) is 11.2 Å². The molecule has 140 valence electrons. The van der Waals surface area contributed by atoms with Crippen LogP contribution in [0.2, 0.25) is 0 Å². The van der Waals surface area contributed by atoms with Gasteiger partial charge in [-0.05, 0) is 52.1 Å². The van der Waals surface area contributed by atoms with Gasteiger partial charge in [-0.25, -0.2) is 4.68 Å². The van der Waals surface area contributed by atoms with Gasteiger partial charge in [-0.2, -0.15) is 10.2 Å². The fourth-order valence-corrected chi connectivity index (χ4v) is 3.70. The van der Waals surface area contributed by atoms with Gasteiger partial charge in [0, 0.05) is 36.3 Å². The van der Waals surface area contributed by atoms with E-state index in [1.165, 1.54) is 18.5 Å². The summed E-state index contributed by atoms with van der Waals surface area (Å²) in [5, 5.41) is 10.5. The number of aromatic nitrogens is 4. The highest BCUT2D eigenvalue weighted by Gasteiger charge is 2.52. The smallest absolute Gasteiger partial charge is 0.399 e. The van der Waals surface area contributed by atoms with Crippen molar-refractivity contribution in [3.8, 4) is 5.82 Å². The van der Waals surface area contributed by atoms with Crippen molar-refractivity contribution in [2.75, 3.05) is 0 Å². The van der Waals surface area contributed by atoms with Gasteiger partial charge in [0.05, 0.1) is 16.7 Å². The van der Waals surface area contributed by atoms with Crippen LogP contribution in [0, 0.1) is 0 Å². The fourth-order valence-electron chi connectivity index (χ4n) is 3.70. The van der Waals surface area contributed by atoms with Gasteiger partial charge >= 0.3 is 7.12 Å². The van der Waals surface area contributed by atoms with Crippen molar-refractivity contribution in [2.24, 2.45) is 7.05 Å². The van der Waals surface area contributed by atoms with Crippen LogP contribution in [-0.2, 0) is 16.4 Å². The lowest BCUT2D eigenvalue weighted by molar-refractivity contribution is 0.00578. The highest BCUT2D eigenvalue weighted by Crippen LogP contribution is 2.40. The van der Waals surface area contributed by atoms with E-state index in [9.17, 15) is 0 Å². The Morgan fingerprint density at radius 2 is 1.78 bits per heavy atom. The van der Waals surface area contributed by atoms with Gasteiger partial charge in [-0.1, -0.05) is 12.1 Å². The summed E-state index contributed by atoms with van der Waals surface area (Å²) in [6.07, 6.45) is 4.55. The quantitative estimate of drug-likeness (QED) is 0.671. The highest BCUT2D eigenvalue weighted by molar-refractivity contribution is 6.65. The molecule has 1 aliphatic heterocycles. The molecule has 0 N–H and O–H groups in total. The van der Waals surface area contributed by atoms with Crippen molar-refractivity contribution in [1.29, 1.82) is 0 Å². The first-order valence-corrected chi connectivity index (χ1v) is 9.63. The number of nitrogens with zero attached hydrogens (tertiary/aromatic N) is 4. The molecule has 27 heavy (non-hydrogen) atoms. The molecule has 0 amide bonds. The second-order valence-corrected chi connectivity index (χ2v) is 8.77. The van der Waals surface area contributed by atoms with Crippen LogP contribution in [0.5, 0.6) is 0 Å². The number of rotatable bonds is 3. The predicted octanol–water partition coefficient (Wildman–Crippen LogP) is 2.94. The predicted molar refractivity (Wildman–Crippen MR) is 106 cm³/mol. The zero-order chi connectivity index (χ0) is 19.0. The van der Waals surface area contributed by atoms with Crippen molar-refractivity contribution >= 4 is 23.5 Å². The first-order chi connectivity index (χ1) is 12.7.